The molecule has 1 heterocycles. The van der Waals surface area contributed by atoms with Crippen LogP contribution in [0, 0.1) is 13.8 Å². The van der Waals surface area contributed by atoms with Crippen LogP contribution >= 0.6 is 0 Å². The molecular weight excluding hydrogens is 122 g/mol. The number of hydrogen-bond acceptors (Lipinski definition) is 1. The third-order valence-electron chi connectivity index (χ3n) is 1.51. The molecule has 1 aromatic heterocycles. The van der Waals surface area contributed by atoms with Crippen molar-refractivity contribution < 1.29 is 0 Å². The molecule has 0 aliphatic heterocycles. The molecule has 0 radical (unpaired) electrons. The maximum Gasteiger partial charge on any atom is 0.0406 e. The molecular formula is C9H13N. The quantitative estimate of drug-likeness (QED) is 0.575. The van der Waals surface area contributed by atoms with Crippen molar-refractivity contribution >= 4 is 0 Å². The van der Waals surface area contributed by atoms with Crippen molar-refractivity contribution in [1.82, 2.24) is 4.98 Å². The second-order valence-electron chi connectivity index (χ2n) is 2.63. The van der Waals surface area contributed by atoms with Gasteiger partial charge < -0.3 is 0 Å². The summed E-state index contributed by atoms with van der Waals surface area (Å²) in [5.41, 5.74) is 3.62. The summed E-state index contributed by atoms with van der Waals surface area (Å²) >= 11 is 0. The molecule has 0 fully saturated rings. The minimum atomic E-state index is 1.03. The minimum Gasteiger partial charge on any atom is -0.258 e. The molecule has 0 bridgehead atoms. The van der Waals surface area contributed by atoms with E-state index in [0.29, 0.717) is 0 Å². The predicted octanol–water partition coefficient (Wildman–Crippen LogP) is 2.26. The molecule has 0 spiro atoms. The van der Waals surface area contributed by atoms with E-state index in [1.807, 2.05) is 6.92 Å². The Hall–Kier alpha value is -0.850. The lowest BCUT2D eigenvalue weighted by Crippen LogP contribution is -1.90. The third kappa shape index (κ3) is 1.56. The number of pyridine rings is 1. The van der Waals surface area contributed by atoms with Crippen molar-refractivity contribution in [2.75, 3.05) is 0 Å². The number of hydrogen-bond donors (Lipinski definition) is 0. The Labute approximate surface area is 62.1 Å². The van der Waals surface area contributed by atoms with Gasteiger partial charge in [-0.1, -0.05) is 6.92 Å². The molecule has 1 heteroatoms. The first-order valence-corrected chi connectivity index (χ1v) is 3.66. The molecule has 1 aromatic rings. The van der Waals surface area contributed by atoms with Crippen LogP contribution in [-0.4, -0.2) is 4.98 Å². The van der Waals surface area contributed by atoms with E-state index in [4.69, 9.17) is 0 Å². The third-order valence-corrected chi connectivity index (χ3v) is 1.51. The van der Waals surface area contributed by atoms with Crippen LogP contribution < -0.4 is 0 Å². The average molecular weight is 135 g/mol. The van der Waals surface area contributed by atoms with E-state index in [0.717, 1.165) is 12.1 Å². The van der Waals surface area contributed by atoms with Gasteiger partial charge in [-0.15, -0.1) is 0 Å². The van der Waals surface area contributed by atoms with Crippen molar-refractivity contribution in [2.45, 2.75) is 27.2 Å². The van der Waals surface area contributed by atoms with Crippen molar-refractivity contribution in [3.8, 4) is 0 Å². The number of aromatic nitrogens is 1. The maximum atomic E-state index is 4.35. The Morgan fingerprint density at radius 2 is 2.00 bits per heavy atom. The van der Waals surface area contributed by atoms with Gasteiger partial charge in [-0.25, -0.2) is 0 Å². The van der Waals surface area contributed by atoms with Gasteiger partial charge in [0.1, 0.15) is 0 Å². The van der Waals surface area contributed by atoms with Gasteiger partial charge in [0.25, 0.3) is 0 Å². The molecule has 0 amide bonds. The molecule has 0 unspecified atom stereocenters. The van der Waals surface area contributed by atoms with Crippen molar-refractivity contribution in [3.05, 3.63) is 29.1 Å². The van der Waals surface area contributed by atoms with Crippen molar-refractivity contribution in [2.24, 2.45) is 0 Å². The van der Waals surface area contributed by atoms with Gasteiger partial charge in [0.15, 0.2) is 0 Å². The summed E-state index contributed by atoms with van der Waals surface area (Å²) in [5, 5.41) is 0. The molecule has 1 nitrogen and oxygen atoms in total. The molecule has 0 aromatic carbocycles. The molecule has 0 saturated heterocycles. The lowest BCUT2D eigenvalue weighted by molar-refractivity contribution is 0.997. The van der Waals surface area contributed by atoms with Crippen LogP contribution in [0.1, 0.15) is 23.9 Å². The highest BCUT2D eigenvalue weighted by atomic mass is 14.7. The minimum absolute atomic E-state index is 1.03. The number of nitrogens with zero attached hydrogens (tertiary/aromatic N) is 1. The van der Waals surface area contributed by atoms with Gasteiger partial charge in [0.2, 0.25) is 0 Å². The summed E-state index contributed by atoms with van der Waals surface area (Å²) in [6.07, 6.45) is 1.03. The molecule has 0 N–H and O–H groups in total. The van der Waals surface area contributed by atoms with E-state index in [1.54, 1.807) is 0 Å². The van der Waals surface area contributed by atoms with Gasteiger partial charge in [-0.05, 0) is 38.0 Å². The Balaban J connectivity index is 3.06. The first kappa shape index (κ1) is 7.26. The highest BCUT2D eigenvalue weighted by Gasteiger charge is 1.92. The van der Waals surface area contributed by atoms with E-state index < -0.39 is 0 Å². The van der Waals surface area contributed by atoms with Gasteiger partial charge >= 0.3 is 0 Å². The fourth-order valence-corrected chi connectivity index (χ4v) is 1.11. The highest BCUT2D eigenvalue weighted by molar-refractivity contribution is 5.19. The van der Waals surface area contributed by atoms with E-state index in [1.165, 1.54) is 11.3 Å². The van der Waals surface area contributed by atoms with Gasteiger partial charge in [0, 0.05) is 11.4 Å². The SMILES string of the molecule is CCc1cc(C)cc(C)n1. The van der Waals surface area contributed by atoms with Gasteiger partial charge in [-0.3, -0.25) is 4.98 Å². The first-order valence-electron chi connectivity index (χ1n) is 3.66. The van der Waals surface area contributed by atoms with E-state index in [-0.39, 0.29) is 0 Å². The van der Waals surface area contributed by atoms with Crippen molar-refractivity contribution in [1.29, 1.82) is 0 Å². The topological polar surface area (TPSA) is 12.9 Å². The summed E-state index contributed by atoms with van der Waals surface area (Å²) in [6, 6.07) is 4.23. The lowest BCUT2D eigenvalue weighted by atomic mass is 10.2. The molecule has 10 heavy (non-hydrogen) atoms. The maximum absolute atomic E-state index is 4.35. The summed E-state index contributed by atoms with van der Waals surface area (Å²) < 4.78 is 0. The molecule has 0 aliphatic rings. The van der Waals surface area contributed by atoms with Crippen LogP contribution in [0.3, 0.4) is 0 Å². The first-order chi connectivity index (χ1) is 4.72. The summed E-state index contributed by atoms with van der Waals surface area (Å²) in [7, 11) is 0. The molecule has 0 aliphatic carbocycles. The van der Waals surface area contributed by atoms with Crippen LogP contribution in [0.4, 0.5) is 0 Å². The zero-order chi connectivity index (χ0) is 7.56. The van der Waals surface area contributed by atoms with Crippen LogP contribution in [0.5, 0.6) is 0 Å². The Morgan fingerprint density at radius 1 is 1.30 bits per heavy atom. The summed E-state index contributed by atoms with van der Waals surface area (Å²) in [6.45, 7) is 6.27. The zero-order valence-corrected chi connectivity index (χ0v) is 6.81. The van der Waals surface area contributed by atoms with Gasteiger partial charge in [-0.2, -0.15) is 0 Å². The van der Waals surface area contributed by atoms with E-state index in [2.05, 4.69) is 31.0 Å². The Kier molecular flexibility index (Phi) is 2.05. The standard InChI is InChI=1S/C9H13N/c1-4-9-6-7(2)5-8(3)10-9/h5-6H,4H2,1-3H3. The molecule has 54 valence electrons. The molecule has 0 saturated carbocycles. The number of rotatable bonds is 1. The summed E-state index contributed by atoms with van der Waals surface area (Å²) in [5.74, 6) is 0. The smallest absolute Gasteiger partial charge is 0.0406 e. The average Bonchev–Trinajstić information content (AvgIpc) is 1.85. The highest BCUT2D eigenvalue weighted by Crippen LogP contribution is 2.03. The monoisotopic (exact) mass is 135 g/mol. The fourth-order valence-electron chi connectivity index (χ4n) is 1.11. The van der Waals surface area contributed by atoms with E-state index >= 15 is 0 Å². The lowest BCUT2D eigenvalue weighted by Gasteiger charge is -1.99. The van der Waals surface area contributed by atoms with Crippen LogP contribution in [-0.2, 0) is 6.42 Å². The normalized spacial score (nSPS) is 9.90. The Morgan fingerprint density at radius 3 is 2.50 bits per heavy atom. The van der Waals surface area contributed by atoms with Crippen LogP contribution in [0.25, 0.3) is 0 Å². The predicted molar refractivity (Wildman–Crippen MR) is 43.1 cm³/mol. The largest absolute Gasteiger partial charge is 0.258 e. The zero-order valence-electron chi connectivity index (χ0n) is 6.81. The van der Waals surface area contributed by atoms with Crippen LogP contribution in [0.2, 0.25) is 0 Å². The van der Waals surface area contributed by atoms with Crippen molar-refractivity contribution in [3.63, 3.8) is 0 Å². The molecule has 1 rings (SSSR count). The fraction of sp³-hybridized carbons (Fsp3) is 0.444. The summed E-state index contributed by atoms with van der Waals surface area (Å²) in [4.78, 5) is 4.35. The Bertz CT molecular complexity index is 208. The van der Waals surface area contributed by atoms with Gasteiger partial charge in [0.05, 0.1) is 0 Å². The number of aryl methyl sites for hydroxylation is 3. The second-order valence-corrected chi connectivity index (χ2v) is 2.63. The van der Waals surface area contributed by atoms with E-state index in [9.17, 15) is 0 Å². The molecule has 0 atom stereocenters. The van der Waals surface area contributed by atoms with Crippen LogP contribution in [0.15, 0.2) is 12.1 Å². The second kappa shape index (κ2) is 2.82.